The minimum Gasteiger partial charge on any atom is -0.295 e. The normalized spacial score (nSPS) is 31.7. The van der Waals surface area contributed by atoms with E-state index in [9.17, 15) is 4.79 Å². The molecule has 1 aliphatic rings. The van der Waals surface area contributed by atoms with E-state index < -0.39 is 0 Å². The zero-order valence-corrected chi connectivity index (χ0v) is 10.3. The van der Waals surface area contributed by atoms with Gasteiger partial charge in [0.1, 0.15) is 0 Å². The van der Waals surface area contributed by atoms with Crippen molar-refractivity contribution < 1.29 is 4.79 Å². The molecule has 3 unspecified atom stereocenters. The van der Waals surface area contributed by atoms with Crippen LogP contribution in [0, 0.1) is 17.8 Å². The van der Waals surface area contributed by atoms with Crippen molar-refractivity contribution in [1.29, 1.82) is 0 Å². The van der Waals surface area contributed by atoms with Crippen LogP contribution < -0.4 is 0 Å². The van der Waals surface area contributed by atoms with Gasteiger partial charge in [0.15, 0.2) is 5.78 Å². The Hall–Kier alpha value is -0.850. The van der Waals surface area contributed by atoms with Crippen LogP contribution in [0.3, 0.4) is 0 Å². The Morgan fingerprint density at radius 1 is 1.53 bits per heavy atom. The highest BCUT2D eigenvalue weighted by Crippen LogP contribution is 2.34. The smallest absolute Gasteiger partial charge is 0.155 e. The fourth-order valence-electron chi connectivity index (χ4n) is 2.21. The summed E-state index contributed by atoms with van der Waals surface area (Å²) in [5.41, 5.74) is 1.46. The van der Waals surface area contributed by atoms with Crippen LogP contribution in [0.5, 0.6) is 0 Å². The molecule has 0 bridgehead atoms. The molecule has 0 N–H and O–H groups in total. The van der Waals surface area contributed by atoms with Gasteiger partial charge in [-0.2, -0.15) is 0 Å². The Balaban J connectivity index is 2.67. The van der Waals surface area contributed by atoms with Gasteiger partial charge in [-0.25, -0.2) is 0 Å². The first kappa shape index (κ1) is 12.2. The number of carbonyl (C=O) groups excluding carboxylic acids is 1. The van der Waals surface area contributed by atoms with Gasteiger partial charge >= 0.3 is 0 Å². The largest absolute Gasteiger partial charge is 0.295 e. The van der Waals surface area contributed by atoms with Crippen LogP contribution in [0.1, 0.15) is 40.5 Å². The second-order valence-electron chi connectivity index (χ2n) is 4.78. The second-order valence-corrected chi connectivity index (χ2v) is 4.78. The summed E-state index contributed by atoms with van der Waals surface area (Å²) in [6, 6.07) is 0. The van der Waals surface area contributed by atoms with Gasteiger partial charge in [-0.05, 0) is 37.2 Å². The number of rotatable bonds is 3. The topological polar surface area (TPSA) is 17.1 Å². The molecule has 0 saturated heterocycles. The fraction of sp³-hybridized carbons (Fsp3) is 0.643. The molecular weight excluding hydrogens is 184 g/mol. The molecule has 0 aromatic heterocycles. The van der Waals surface area contributed by atoms with Gasteiger partial charge < -0.3 is 0 Å². The molecule has 1 aliphatic carbocycles. The highest BCUT2D eigenvalue weighted by molar-refractivity contribution is 5.89. The van der Waals surface area contributed by atoms with E-state index in [1.54, 1.807) is 6.08 Å². The maximum absolute atomic E-state index is 11.2. The summed E-state index contributed by atoms with van der Waals surface area (Å²) in [7, 11) is 0. The molecular formula is C14H22O. The molecule has 1 heteroatoms. The van der Waals surface area contributed by atoms with Gasteiger partial charge in [0, 0.05) is 6.42 Å². The van der Waals surface area contributed by atoms with Gasteiger partial charge in [0.2, 0.25) is 0 Å². The molecule has 0 aliphatic heterocycles. The summed E-state index contributed by atoms with van der Waals surface area (Å²) in [4.78, 5) is 11.2. The number of hydrogen-bond donors (Lipinski definition) is 0. The molecule has 3 atom stereocenters. The molecule has 84 valence electrons. The minimum absolute atomic E-state index is 0.238. The first-order chi connectivity index (χ1) is 7.04. The van der Waals surface area contributed by atoms with Crippen LogP contribution in [-0.4, -0.2) is 5.78 Å². The lowest BCUT2D eigenvalue weighted by atomic mass is 9.75. The van der Waals surface area contributed by atoms with Gasteiger partial charge in [-0.3, -0.25) is 4.79 Å². The van der Waals surface area contributed by atoms with Gasteiger partial charge in [0.05, 0.1) is 0 Å². The van der Waals surface area contributed by atoms with Crippen molar-refractivity contribution in [3.05, 3.63) is 23.8 Å². The van der Waals surface area contributed by atoms with E-state index in [0.717, 1.165) is 6.42 Å². The fourth-order valence-corrected chi connectivity index (χ4v) is 2.21. The van der Waals surface area contributed by atoms with Crippen LogP contribution in [0.2, 0.25) is 0 Å². The molecule has 0 spiro atoms. The third-order valence-electron chi connectivity index (χ3n) is 3.49. The van der Waals surface area contributed by atoms with E-state index in [0.29, 0.717) is 24.2 Å². The third kappa shape index (κ3) is 3.33. The second kappa shape index (κ2) is 5.29. The number of hydrogen-bond acceptors (Lipinski definition) is 1. The van der Waals surface area contributed by atoms with Crippen molar-refractivity contribution >= 4 is 5.78 Å². The highest BCUT2D eigenvalue weighted by Gasteiger charge is 2.23. The standard InChI is InChI=1S/C14H22O/c1-5-14(15)7-6-13-9-10(2)8-11(3)12(13)4/h6-8,11-13H,5,9H2,1-4H3. The monoisotopic (exact) mass is 206 g/mol. The van der Waals surface area contributed by atoms with E-state index in [1.807, 2.05) is 6.92 Å². The molecule has 0 saturated carbocycles. The van der Waals surface area contributed by atoms with E-state index in [4.69, 9.17) is 0 Å². The zero-order chi connectivity index (χ0) is 11.4. The Morgan fingerprint density at radius 3 is 2.80 bits per heavy atom. The van der Waals surface area contributed by atoms with Gasteiger partial charge in [-0.15, -0.1) is 0 Å². The molecule has 1 rings (SSSR count). The first-order valence-electron chi connectivity index (χ1n) is 5.93. The number of ketones is 1. The molecule has 0 amide bonds. The summed E-state index contributed by atoms with van der Waals surface area (Å²) in [6.07, 6.45) is 7.97. The maximum atomic E-state index is 11.2. The van der Waals surface area contributed by atoms with E-state index in [1.165, 1.54) is 5.57 Å². The van der Waals surface area contributed by atoms with Gasteiger partial charge in [0.25, 0.3) is 0 Å². The lowest BCUT2D eigenvalue weighted by Gasteiger charge is -2.30. The van der Waals surface area contributed by atoms with Crippen molar-refractivity contribution in [2.75, 3.05) is 0 Å². The van der Waals surface area contributed by atoms with Crippen LogP contribution in [-0.2, 0) is 4.79 Å². The van der Waals surface area contributed by atoms with Crippen molar-refractivity contribution in [3.63, 3.8) is 0 Å². The minimum atomic E-state index is 0.238. The Kier molecular flexibility index (Phi) is 4.31. The Morgan fingerprint density at radius 2 is 2.20 bits per heavy atom. The van der Waals surface area contributed by atoms with Crippen molar-refractivity contribution in [2.45, 2.75) is 40.5 Å². The van der Waals surface area contributed by atoms with E-state index in [2.05, 4.69) is 32.9 Å². The summed E-state index contributed by atoms with van der Waals surface area (Å²) in [5.74, 6) is 2.06. The molecule has 1 nitrogen and oxygen atoms in total. The average molecular weight is 206 g/mol. The maximum Gasteiger partial charge on any atom is 0.155 e. The summed E-state index contributed by atoms with van der Waals surface area (Å²) in [5, 5.41) is 0. The summed E-state index contributed by atoms with van der Waals surface area (Å²) in [6.45, 7) is 8.63. The predicted octanol–water partition coefficient (Wildman–Crippen LogP) is 3.76. The third-order valence-corrected chi connectivity index (χ3v) is 3.49. The van der Waals surface area contributed by atoms with Crippen LogP contribution in [0.25, 0.3) is 0 Å². The Labute approximate surface area is 93.3 Å². The van der Waals surface area contributed by atoms with E-state index in [-0.39, 0.29) is 5.78 Å². The highest BCUT2D eigenvalue weighted by atomic mass is 16.1. The van der Waals surface area contributed by atoms with E-state index >= 15 is 0 Å². The van der Waals surface area contributed by atoms with Crippen LogP contribution in [0.4, 0.5) is 0 Å². The SMILES string of the molecule is CCC(=O)C=CC1CC(C)=CC(C)C1C. The number of allylic oxidation sites excluding steroid dienone is 4. The van der Waals surface area contributed by atoms with Crippen molar-refractivity contribution in [3.8, 4) is 0 Å². The molecule has 0 radical (unpaired) electrons. The Bertz CT molecular complexity index is 286. The molecule has 15 heavy (non-hydrogen) atoms. The van der Waals surface area contributed by atoms with Crippen molar-refractivity contribution in [1.82, 2.24) is 0 Å². The zero-order valence-electron chi connectivity index (χ0n) is 10.3. The average Bonchev–Trinajstić information content (AvgIpc) is 2.20. The quantitative estimate of drug-likeness (QED) is 0.507. The predicted molar refractivity (Wildman–Crippen MR) is 64.6 cm³/mol. The first-order valence-corrected chi connectivity index (χ1v) is 5.93. The molecule has 0 heterocycles. The van der Waals surface area contributed by atoms with Crippen LogP contribution >= 0.6 is 0 Å². The molecule has 0 aromatic carbocycles. The lowest BCUT2D eigenvalue weighted by molar-refractivity contribution is -0.114. The van der Waals surface area contributed by atoms with Gasteiger partial charge in [-0.1, -0.05) is 38.5 Å². The lowest BCUT2D eigenvalue weighted by Crippen LogP contribution is -2.21. The summed E-state index contributed by atoms with van der Waals surface area (Å²) >= 11 is 0. The van der Waals surface area contributed by atoms with Crippen LogP contribution in [0.15, 0.2) is 23.8 Å². The summed E-state index contributed by atoms with van der Waals surface area (Å²) < 4.78 is 0. The molecule has 0 aromatic rings. The van der Waals surface area contributed by atoms with Crippen molar-refractivity contribution in [2.24, 2.45) is 17.8 Å². The molecule has 0 fully saturated rings. The number of carbonyl (C=O) groups is 1.